The lowest BCUT2D eigenvalue weighted by Crippen LogP contribution is -2.54. The van der Waals surface area contributed by atoms with Crippen LogP contribution in [0.2, 0.25) is 0 Å². The number of anilines is 1. The summed E-state index contributed by atoms with van der Waals surface area (Å²) in [6.07, 6.45) is 5.50. The topological polar surface area (TPSA) is 85.6 Å². The molecule has 0 bridgehead atoms. The smallest absolute Gasteiger partial charge is 0.443 e. The van der Waals surface area contributed by atoms with E-state index in [2.05, 4.69) is 15.1 Å². The summed E-state index contributed by atoms with van der Waals surface area (Å²) >= 11 is 0.565. The van der Waals surface area contributed by atoms with Gasteiger partial charge in [-0.15, -0.1) is 0 Å². The molecule has 1 amide bonds. The van der Waals surface area contributed by atoms with Gasteiger partial charge in [0.25, 0.3) is 0 Å². The molecule has 38 heavy (non-hydrogen) atoms. The molecule has 0 N–H and O–H groups in total. The quantitative estimate of drug-likeness (QED) is 0.541. The molecule has 1 fully saturated rings. The summed E-state index contributed by atoms with van der Waals surface area (Å²) < 4.78 is 54.2. The molecule has 13 heteroatoms. The molecule has 2 aromatic heterocycles. The predicted molar refractivity (Wildman–Crippen MR) is 135 cm³/mol. The minimum Gasteiger partial charge on any atom is -0.465 e. The lowest BCUT2D eigenvalue weighted by Gasteiger charge is -2.40. The van der Waals surface area contributed by atoms with Gasteiger partial charge in [0.2, 0.25) is 10.9 Å². The number of thiazole rings is 1. The van der Waals surface area contributed by atoms with Crippen LogP contribution in [-0.2, 0) is 27.0 Å². The molecule has 4 heterocycles. The monoisotopic (exact) mass is 548 g/mol. The van der Waals surface area contributed by atoms with Gasteiger partial charge in [0, 0.05) is 25.7 Å². The summed E-state index contributed by atoms with van der Waals surface area (Å²) in [5.41, 5.74) is 0.963. The van der Waals surface area contributed by atoms with Crippen molar-refractivity contribution in [3.8, 4) is 0 Å². The Balaban J connectivity index is 1.35. The molecule has 2 aliphatic heterocycles. The van der Waals surface area contributed by atoms with E-state index in [-0.39, 0.29) is 29.9 Å². The summed E-state index contributed by atoms with van der Waals surface area (Å²) in [6.45, 7) is 6.48. The first-order valence-electron chi connectivity index (χ1n) is 12.2. The zero-order valence-electron chi connectivity index (χ0n) is 21.2. The highest BCUT2D eigenvalue weighted by molar-refractivity contribution is 7.16. The Morgan fingerprint density at radius 3 is 2.63 bits per heavy atom. The van der Waals surface area contributed by atoms with Crippen LogP contribution in [0.1, 0.15) is 42.1 Å². The molecule has 3 aliphatic rings. The maximum Gasteiger partial charge on any atom is 0.443 e. The van der Waals surface area contributed by atoms with Crippen LogP contribution in [0, 0.1) is 13.8 Å². The fraction of sp³-hybridized carbons (Fsp3) is 0.440. The van der Waals surface area contributed by atoms with Gasteiger partial charge in [-0.2, -0.15) is 18.3 Å². The van der Waals surface area contributed by atoms with Gasteiger partial charge in [-0.25, -0.2) is 14.6 Å². The van der Waals surface area contributed by atoms with Crippen molar-refractivity contribution < 1.29 is 27.4 Å². The number of carbonyl (C=O) groups is 1. The van der Waals surface area contributed by atoms with Crippen LogP contribution in [0.25, 0.3) is 5.76 Å². The minimum atomic E-state index is -4.61. The highest BCUT2D eigenvalue weighted by Gasteiger charge is 2.39. The van der Waals surface area contributed by atoms with Gasteiger partial charge >= 0.3 is 6.18 Å². The number of piperazine rings is 1. The first-order chi connectivity index (χ1) is 18.1. The molecule has 0 spiro atoms. The molecular weight excluding hydrogens is 521 g/mol. The Labute approximate surface area is 221 Å². The van der Waals surface area contributed by atoms with Gasteiger partial charge in [0.1, 0.15) is 41.4 Å². The lowest BCUT2D eigenvalue weighted by atomic mass is 10.0. The second-order valence-electron chi connectivity index (χ2n) is 9.28. The molecular formula is C25H27F3N6O3S. The Bertz CT molecular complexity index is 1360. The number of aromatic nitrogens is 4. The van der Waals surface area contributed by atoms with Crippen LogP contribution >= 0.6 is 11.3 Å². The second kappa shape index (κ2) is 10.3. The number of nitrogens with zero attached hydrogens (tertiary/aromatic N) is 6. The van der Waals surface area contributed by atoms with Crippen LogP contribution in [-0.4, -0.2) is 56.2 Å². The normalized spacial score (nSPS) is 19.9. The highest BCUT2D eigenvalue weighted by atomic mass is 32.1. The van der Waals surface area contributed by atoms with Crippen molar-refractivity contribution in [3.05, 3.63) is 64.4 Å². The maximum absolute atomic E-state index is 13.7. The zero-order chi connectivity index (χ0) is 27.0. The SMILES string of the molecule is Cc1nc(C)n(CC(=O)N2CCN(c3sc(C(F)(F)F)nc3C3=COC=C(C4=CC=CCC4)O3)C[C@H]2C)n1. The largest absolute Gasteiger partial charge is 0.465 e. The number of aryl methyl sites for hydroxylation is 2. The number of allylic oxidation sites excluding steroid dienone is 4. The van der Waals surface area contributed by atoms with Crippen molar-refractivity contribution in [2.75, 3.05) is 24.5 Å². The minimum absolute atomic E-state index is 0.0548. The molecule has 5 rings (SSSR count). The van der Waals surface area contributed by atoms with E-state index >= 15 is 0 Å². The van der Waals surface area contributed by atoms with Crippen LogP contribution in [0.3, 0.4) is 0 Å². The Morgan fingerprint density at radius 1 is 1.18 bits per heavy atom. The zero-order valence-corrected chi connectivity index (χ0v) is 22.0. The number of ether oxygens (including phenoxy) is 2. The molecule has 202 valence electrons. The van der Waals surface area contributed by atoms with Crippen LogP contribution in [0.15, 0.2) is 42.1 Å². The van der Waals surface area contributed by atoms with E-state index in [0.717, 1.165) is 18.4 Å². The molecule has 0 aromatic carbocycles. The van der Waals surface area contributed by atoms with Gasteiger partial charge in [-0.1, -0.05) is 29.6 Å². The predicted octanol–water partition coefficient (Wildman–Crippen LogP) is 4.57. The molecule has 9 nitrogen and oxygen atoms in total. The van der Waals surface area contributed by atoms with Crippen LogP contribution in [0.5, 0.6) is 0 Å². The van der Waals surface area contributed by atoms with Gasteiger partial charge in [0.05, 0.1) is 0 Å². The van der Waals surface area contributed by atoms with Crippen LogP contribution < -0.4 is 4.90 Å². The number of carbonyl (C=O) groups excluding carboxylic acids is 1. The van der Waals surface area contributed by atoms with Crippen molar-refractivity contribution >= 4 is 28.0 Å². The molecule has 0 unspecified atom stereocenters. The molecule has 1 saturated heterocycles. The van der Waals surface area contributed by atoms with E-state index < -0.39 is 11.2 Å². The average Bonchev–Trinajstić information content (AvgIpc) is 3.48. The summed E-state index contributed by atoms with van der Waals surface area (Å²) in [7, 11) is 0. The van der Waals surface area contributed by atoms with E-state index in [1.165, 1.54) is 12.5 Å². The number of hydrogen-bond acceptors (Lipinski definition) is 8. The van der Waals surface area contributed by atoms with E-state index in [9.17, 15) is 18.0 Å². The van der Waals surface area contributed by atoms with E-state index in [1.54, 1.807) is 23.4 Å². The van der Waals surface area contributed by atoms with Crippen molar-refractivity contribution in [2.24, 2.45) is 0 Å². The maximum atomic E-state index is 13.7. The van der Waals surface area contributed by atoms with Crippen molar-refractivity contribution in [1.29, 1.82) is 0 Å². The lowest BCUT2D eigenvalue weighted by molar-refractivity contribution is -0.137. The highest BCUT2D eigenvalue weighted by Crippen LogP contribution is 2.43. The molecule has 1 aliphatic carbocycles. The third-order valence-electron chi connectivity index (χ3n) is 6.47. The van der Waals surface area contributed by atoms with E-state index in [0.29, 0.717) is 53.4 Å². The van der Waals surface area contributed by atoms with Crippen LogP contribution in [0.4, 0.5) is 18.2 Å². The fourth-order valence-electron chi connectivity index (χ4n) is 4.63. The average molecular weight is 549 g/mol. The fourth-order valence-corrected chi connectivity index (χ4v) is 5.60. The molecule has 0 saturated carbocycles. The first-order valence-corrected chi connectivity index (χ1v) is 13.0. The Hall–Kier alpha value is -3.61. The molecule has 2 aromatic rings. The van der Waals surface area contributed by atoms with Gasteiger partial charge in [-0.05, 0) is 39.2 Å². The van der Waals surface area contributed by atoms with Gasteiger partial charge in [-0.3, -0.25) is 4.79 Å². The number of amides is 1. The van der Waals surface area contributed by atoms with Crippen molar-refractivity contribution in [1.82, 2.24) is 24.6 Å². The number of rotatable bonds is 5. The first kappa shape index (κ1) is 26.0. The number of hydrogen-bond donors (Lipinski definition) is 0. The van der Waals surface area contributed by atoms with E-state index in [1.807, 2.05) is 30.1 Å². The molecule has 1 atom stereocenters. The number of halogens is 3. The summed E-state index contributed by atoms with van der Waals surface area (Å²) in [4.78, 5) is 24.7. The third kappa shape index (κ3) is 5.33. The van der Waals surface area contributed by atoms with E-state index in [4.69, 9.17) is 9.47 Å². The van der Waals surface area contributed by atoms with Crippen molar-refractivity contribution in [3.63, 3.8) is 0 Å². The number of alkyl halides is 3. The Kier molecular flexibility index (Phi) is 7.03. The second-order valence-corrected chi connectivity index (χ2v) is 10.3. The summed E-state index contributed by atoms with van der Waals surface area (Å²) in [6, 6.07) is -0.252. The summed E-state index contributed by atoms with van der Waals surface area (Å²) in [5.74, 6) is 1.67. The standard InChI is InChI=1S/C25H27F3N6O3S/c1-15-11-32(9-10-33(15)21(35)12-34-17(3)29-16(2)31-34)23-22(30-24(38-23)25(26,27)28)20-14-36-13-19(37-20)18-7-5-4-6-8-18/h4-5,7,13-15H,6,8-12H2,1-3H3/t15-/m1/s1. The third-order valence-corrected chi connectivity index (χ3v) is 7.63. The Morgan fingerprint density at radius 2 is 1.97 bits per heavy atom. The van der Waals surface area contributed by atoms with Crippen molar-refractivity contribution in [2.45, 2.75) is 52.4 Å². The summed E-state index contributed by atoms with van der Waals surface area (Å²) in [5, 5.41) is 3.61. The molecule has 0 radical (unpaired) electrons. The van der Waals surface area contributed by atoms with Gasteiger partial charge in [0.15, 0.2) is 11.5 Å². The van der Waals surface area contributed by atoms with Gasteiger partial charge < -0.3 is 19.3 Å².